The summed E-state index contributed by atoms with van der Waals surface area (Å²) in [5, 5.41) is 0. The molecule has 0 saturated heterocycles. The molecule has 4 rings (SSSR count). The average molecular weight is 330 g/mol. The normalized spacial score (nSPS) is 35.8. The maximum absolute atomic E-state index is 6.06. The lowest BCUT2D eigenvalue weighted by atomic mass is 9.87. The average Bonchev–Trinajstić information content (AvgIpc) is 3.41. The van der Waals surface area contributed by atoms with Gasteiger partial charge in [0.15, 0.2) is 0 Å². The largest absolute Gasteiger partial charge is 0.498 e. The molecule has 132 valence electrons. The predicted molar refractivity (Wildman–Crippen MR) is 95.2 cm³/mol. The van der Waals surface area contributed by atoms with Crippen LogP contribution < -0.4 is 5.73 Å². The van der Waals surface area contributed by atoms with Gasteiger partial charge in [0, 0.05) is 38.2 Å². The minimum absolute atomic E-state index is 0.0902. The van der Waals surface area contributed by atoms with Gasteiger partial charge < -0.3 is 15.2 Å². The molecule has 0 radical (unpaired) electrons. The number of methoxy groups -OCH3 is 2. The van der Waals surface area contributed by atoms with Gasteiger partial charge in [-0.1, -0.05) is 6.08 Å². The molecule has 0 bridgehead atoms. The predicted octanol–water partition coefficient (Wildman–Crippen LogP) is 2.83. The monoisotopic (exact) mass is 330 g/mol. The third-order valence-electron chi connectivity index (χ3n) is 6.50. The molecule has 1 aliphatic heterocycles. The van der Waals surface area contributed by atoms with Gasteiger partial charge in [0.25, 0.3) is 0 Å². The Labute approximate surface area is 145 Å². The van der Waals surface area contributed by atoms with Crippen molar-refractivity contribution in [1.82, 2.24) is 4.90 Å². The van der Waals surface area contributed by atoms with Gasteiger partial charge in [-0.15, -0.1) is 0 Å². The highest BCUT2D eigenvalue weighted by Gasteiger charge is 2.46. The molecular formula is C20H30N2O2. The maximum atomic E-state index is 6.06. The Morgan fingerprint density at radius 2 is 2.21 bits per heavy atom. The van der Waals surface area contributed by atoms with Gasteiger partial charge in [0.05, 0.1) is 7.11 Å². The molecule has 0 amide bonds. The summed E-state index contributed by atoms with van der Waals surface area (Å²) in [6, 6.07) is 0. The lowest BCUT2D eigenvalue weighted by molar-refractivity contribution is 0.0737. The lowest BCUT2D eigenvalue weighted by Gasteiger charge is -2.35. The summed E-state index contributed by atoms with van der Waals surface area (Å²) < 4.78 is 11.1. The van der Waals surface area contributed by atoms with Crippen LogP contribution in [0.1, 0.15) is 32.1 Å². The number of nitrogens with zero attached hydrogens (tertiary/aromatic N) is 1. The standard InChI is InChI=1S/C20H30N2O2/c1-23-19-9-14-6-8-22(12-15(14)10-20(19)24-2)7-5-13-3-4-18(21)17-11-16(13)17/h4,9,13,16-17,20H,3,5-8,10-12,21H2,1-2H3. The Kier molecular flexibility index (Phi) is 4.44. The van der Waals surface area contributed by atoms with E-state index in [2.05, 4.69) is 17.1 Å². The molecule has 3 aliphatic carbocycles. The van der Waals surface area contributed by atoms with Crippen LogP contribution in [0.5, 0.6) is 0 Å². The first kappa shape index (κ1) is 16.2. The molecule has 4 aliphatic rings. The zero-order valence-electron chi connectivity index (χ0n) is 15.0. The van der Waals surface area contributed by atoms with Gasteiger partial charge in [-0.3, -0.25) is 4.90 Å². The smallest absolute Gasteiger partial charge is 0.125 e. The summed E-state index contributed by atoms with van der Waals surface area (Å²) in [4.78, 5) is 2.64. The van der Waals surface area contributed by atoms with E-state index in [1.165, 1.54) is 37.9 Å². The van der Waals surface area contributed by atoms with Crippen LogP contribution in [0.2, 0.25) is 0 Å². The van der Waals surface area contributed by atoms with Crippen molar-refractivity contribution in [1.29, 1.82) is 0 Å². The lowest BCUT2D eigenvalue weighted by Crippen LogP contribution is -2.36. The summed E-state index contributed by atoms with van der Waals surface area (Å²) in [6.07, 6.45) is 10.6. The molecule has 0 aromatic heterocycles. The van der Waals surface area contributed by atoms with Gasteiger partial charge in [-0.2, -0.15) is 0 Å². The van der Waals surface area contributed by atoms with Crippen molar-refractivity contribution in [2.24, 2.45) is 23.5 Å². The van der Waals surface area contributed by atoms with Gasteiger partial charge >= 0.3 is 0 Å². The molecular weight excluding hydrogens is 300 g/mol. The molecule has 4 nitrogen and oxygen atoms in total. The fourth-order valence-corrected chi connectivity index (χ4v) is 4.86. The maximum Gasteiger partial charge on any atom is 0.125 e. The number of fused-ring (bicyclic) bond motifs is 1. The molecule has 0 aromatic carbocycles. The Hall–Kier alpha value is -1.26. The van der Waals surface area contributed by atoms with Gasteiger partial charge in [0.1, 0.15) is 11.9 Å². The molecule has 4 heteroatoms. The summed E-state index contributed by atoms with van der Waals surface area (Å²) in [5.41, 5.74) is 10.3. The SMILES string of the molecule is COC1=CC2=C(CC1OC)CN(CCC1CC=C(N)C3CC13)CC2. The van der Waals surface area contributed by atoms with E-state index in [0.717, 1.165) is 48.6 Å². The summed E-state index contributed by atoms with van der Waals surface area (Å²) in [5.74, 6) is 3.44. The molecule has 0 spiro atoms. The molecule has 2 N–H and O–H groups in total. The second-order valence-electron chi connectivity index (χ2n) is 7.83. The van der Waals surface area contributed by atoms with Crippen molar-refractivity contribution < 1.29 is 9.47 Å². The number of ether oxygens (including phenoxy) is 2. The van der Waals surface area contributed by atoms with E-state index in [1.54, 1.807) is 19.8 Å². The van der Waals surface area contributed by atoms with E-state index in [-0.39, 0.29) is 6.10 Å². The van der Waals surface area contributed by atoms with Crippen molar-refractivity contribution in [3.05, 3.63) is 34.8 Å². The summed E-state index contributed by atoms with van der Waals surface area (Å²) in [7, 11) is 3.52. The molecule has 1 saturated carbocycles. The Bertz CT molecular complexity index is 592. The zero-order chi connectivity index (χ0) is 16.7. The van der Waals surface area contributed by atoms with Crippen LogP contribution in [-0.4, -0.2) is 44.9 Å². The second kappa shape index (κ2) is 6.57. The van der Waals surface area contributed by atoms with Gasteiger partial charge in [-0.05, 0) is 61.3 Å². The quantitative estimate of drug-likeness (QED) is 0.842. The fourth-order valence-electron chi connectivity index (χ4n) is 4.86. The van der Waals surface area contributed by atoms with Crippen LogP contribution in [0.15, 0.2) is 34.8 Å². The highest BCUT2D eigenvalue weighted by molar-refractivity contribution is 5.36. The number of allylic oxidation sites excluding steroid dienone is 3. The minimum Gasteiger partial charge on any atom is -0.498 e. The van der Waals surface area contributed by atoms with Crippen molar-refractivity contribution in [3.63, 3.8) is 0 Å². The van der Waals surface area contributed by atoms with Gasteiger partial charge in [-0.25, -0.2) is 0 Å². The van der Waals surface area contributed by atoms with E-state index >= 15 is 0 Å². The number of hydrogen-bond donors (Lipinski definition) is 1. The molecule has 24 heavy (non-hydrogen) atoms. The van der Waals surface area contributed by atoms with Gasteiger partial charge in [0.2, 0.25) is 0 Å². The number of rotatable bonds is 5. The van der Waals surface area contributed by atoms with Crippen molar-refractivity contribution in [2.45, 2.75) is 38.2 Å². The van der Waals surface area contributed by atoms with Crippen molar-refractivity contribution >= 4 is 0 Å². The van der Waals surface area contributed by atoms with E-state index < -0.39 is 0 Å². The Morgan fingerprint density at radius 3 is 3.00 bits per heavy atom. The van der Waals surface area contributed by atoms with E-state index in [4.69, 9.17) is 15.2 Å². The fraction of sp³-hybridized carbons (Fsp3) is 0.700. The van der Waals surface area contributed by atoms with E-state index in [9.17, 15) is 0 Å². The molecule has 1 heterocycles. The van der Waals surface area contributed by atoms with Crippen LogP contribution >= 0.6 is 0 Å². The minimum atomic E-state index is 0.0902. The van der Waals surface area contributed by atoms with Crippen LogP contribution in [0.25, 0.3) is 0 Å². The summed E-state index contributed by atoms with van der Waals surface area (Å²) >= 11 is 0. The van der Waals surface area contributed by atoms with Crippen LogP contribution in [-0.2, 0) is 9.47 Å². The van der Waals surface area contributed by atoms with Crippen molar-refractivity contribution in [3.8, 4) is 0 Å². The molecule has 4 unspecified atom stereocenters. The van der Waals surface area contributed by atoms with E-state index in [1.807, 2.05) is 0 Å². The zero-order valence-corrected chi connectivity index (χ0v) is 15.0. The Morgan fingerprint density at radius 1 is 1.33 bits per heavy atom. The highest BCUT2D eigenvalue weighted by Crippen LogP contribution is 2.52. The highest BCUT2D eigenvalue weighted by atomic mass is 16.5. The molecule has 1 fully saturated rings. The molecule has 4 atom stereocenters. The third kappa shape index (κ3) is 3.02. The third-order valence-corrected chi connectivity index (χ3v) is 6.50. The summed E-state index contributed by atoms with van der Waals surface area (Å²) in [6.45, 7) is 3.49. The number of nitrogens with two attached hydrogens (primary N) is 1. The number of hydrogen-bond acceptors (Lipinski definition) is 4. The molecule has 0 aromatic rings. The van der Waals surface area contributed by atoms with Crippen molar-refractivity contribution in [2.75, 3.05) is 33.9 Å². The van der Waals surface area contributed by atoms with Crippen LogP contribution in [0.4, 0.5) is 0 Å². The Balaban J connectivity index is 1.34. The van der Waals surface area contributed by atoms with E-state index in [0.29, 0.717) is 0 Å². The first-order valence-electron chi connectivity index (χ1n) is 9.36. The topological polar surface area (TPSA) is 47.7 Å². The second-order valence-corrected chi connectivity index (χ2v) is 7.83. The first-order valence-corrected chi connectivity index (χ1v) is 9.36. The van der Waals surface area contributed by atoms with Crippen LogP contribution in [0.3, 0.4) is 0 Å². The first-order chi connectivity index (χ1) is 11.7. The van der Waals surface area contributed by atoms with Crippen LogP contribution in [0, 0.1) is 17.8 Å².